The molecule has 2 N–H and O–H groups in total. The normalized spacial score (nSPS) is 10.5. The van der Waals surface area contributed by atoms with Gasteiger partial charge in [0.15, 0.2) is 5.75 Å². The van der Waals surface area contributed by atoms with E-state index in [-0.39, 0.29) is 0 Å². The van der Waals surface area contributed by atoms with Gasteiger partial charge in [0.05, 0.1) is 12.4 Å². The van der Waals surface area contributed by atoms with Crippen LogP contribution in [0.2, 0.25) is 0 Å². The van der Waals surface area contributed by atoms with E-state index in [2.05, 4.69) is 21.0 Å². The molecule has 0 bridgehead atoms. The van der Waals surface area contributed by atoms with Gasteiger partial charge in [0.25, 0.3) is 0 Å². The van der Waals surface area contributed by atoms with Crippen LogP contribution in [0, 0.1) is 0 Å². The molecule has 0 aliphatic heterocycles. The fourth-order valence-corrected chi connectivity index (χ4v) is 2.04. The number of hydrogen-bond donors (Lipinski definition) is 1. The van der Waals surface area contributed by atoms with Crippen molar-refractivity contribution >= 4 is 15.9 Å². The summed E-state index contributed by atoms with van der Waals surface area (Å²) in [7, 11) is 0. The Bertz CT molecular complexity index is 510. The molecule has 0 unspecified atom stereocenters. The van der Waals surface area contributed by atoms with Gasteiger partial charge in [-0.05, 0) is 19.1 Å². The lowest BCUT2D eigenvalue weighted by atomic mass is 10.2. The number of ether oxygens (including phenoxy) is 1. The van der Waals surface area contributed by atoms with Crippen LogP contribution < -0.4 is 10.5 Å². The molecule has 5 heteroatoms. The molecule has 2 rings (SSSR count). The van der Waals surface area contributed by atoms with E-state index in [4.69, 9.17) is 10.5 Å². The lowest BCUT2D eigenvalue weighted by molar-refractivity contribution is 0.474. The highest BCUT2D eigenvalue weighted by molar-refractivity contribution is 9.10. The molecule has 1 heterocycles. The molecule has 0 saturated heterocycles. The Kier molecular flexibility index (Phi) is 3.81. The van der Waals surface area contributed by atoms with E-state index < -0.39 is 0 Å². The van der Waals surface area contributed by atoms with Gasteiger partial charge < -0.3 is 10.5 Å². The molecule has 0 aliphatic carbocycles. The van der Waals surface area contributed by atoms with Gasteiger partial charge in [-0.1, -0.05) is 22.0 Å². The Hall–Kier alpha value is -1.33. The summed E-state index contributed by atoms with van der Waals surface area (Å²) in [6, 6.07) is 5.77. The molecule has 90 valence electrons. The van der Waals surface area contributed by atoms with Gasteiger partial charge in [-0.2, -0.15) is 5.10 Å². The molecule has 0 radical (unpaired) electrons. The van der Waals surface area contributed by atoms with Crippen LogP contribution in [0.4, 0.5) is 0 Å². The van der Waals surface area contributed by atoms with Crippen molar-refractivity contribution in [3.8, 4) is 11.5 Å². The van der Waals surface area contributed by atoms with E-state index in [1.165, 1.54) is 0 Å². The molecule has 0 saturated carbocycles. The van der Waals surface area contributed by atoms with Gasteiger partial charge >= 0.3 is 0 Å². The summed E-state index contributed by atoms with van der Waals surface area (Å²) in [5, 5.41) is 4.16. The standard InChI is InChI=1S/C12H14BrN3O/c1-2-16-8-9(7-15-16)17-12-5-3-4-11(13)10(12)6-14/h3-5,7-8H,2,6,14H2,1H3. The van der Waals surface area contributed by atoms with Crippen LogP contribution in [0.15, 0.2) is 35.1 Å². The van der Waals surface area contributed by atoms with Crippen molar-refractivity contribution in [2.75, 3.05) is 0 Å². The first-order valence-electron chi connectivity index (χ1n) is 5.42. The molecule has 2 aromatic rings. The van der Waals surface area contributed by atoms with Crippen LogP contribution >= 0.6 is 15.9 Å². The summed E-state index contributed by atoms with van der Waals surface area (Å²) in [5.41, 5.74) is 6.66. The minimum absolute atomic E-state index is 0.429. The Balaban J connectivity index is 2.26. The first-order valence-corrected chi connectivity index (χ1v) is 6.21. The van der Waals surface area contributed by atoms with Crippen molar-refractivity contribution in [1.29, 1.82) is 0 Å². The van der Waals surface area contributed by atoms with Gasteiger partial charge in [0.2, 0.25) is 0 Å². The minimum atomic E-state index is 0.429. The molecule has 1 aromatic carbocycles. The summed E-state index contributed by atoms with van der Waals surface area (Å²) in [4.78, 5) is 0. The summed E-state index contributed by atoms with van der Waals surface area (Å²) in [6.07, 6.45) is 3.56. The molecular weight excluding hydrogens is 282 g/mol. The van der Waals surface area contributed by atoms with Crippen molar-refractivity contribution in [2.45, 2.75) is 20.0 Å². The van der Waals surface area contributed by atoms with E-state index in [1.54, 1.807) is 6.20 Å². The first-order chi connectivity index (χ1) is 8.24. The topological polar surface area (TPSA) is 53.1 Å². The number of halogens is 1. The predicted molar refractivity (Wildman–Crippen MR) is 70.0 cm³/mol. The monoisotopic (exact) mass is 295 g/mol. The van der Waals surface area contributed by atoms with Gasteiger partial charge in [0.1, 0.15) is 5.75 Å². The number of aromatic nitrogens is 2. The SMILES string of the molecule is CCn1cc(Oc2cccc(Br)c2CN)cn1. The van der Waals surface area contributed by atoms with E-state index in [1.807, 2.05) is 36.0 Å². The molecule has 0 aliphatic rings. The number of aryl methyl sites for hydroxylation is 1. The third-order valence-corrected chi connectivity index (χ3v) is 3.18. The van der Waals surface area contributed by atoms with Crippen LogP contribution in [0.5, 0.6) is 11.5 Å². The van der Waals surface area contributed by atoms with E-state index in [0.717, 1.165) is 28.1 Å². The van der Waals surface area contributed by atoms with Crippen LogP contribution in [-0.4, -0.2) is 9.78 Å². The van der Waals surface area contributed by atoms with E-state index in [0.29, 0.717) is 6.54 Å². The average molecular weight is 296 g/mol. The van der Waals surface area contributed by atoms with Crippen molar-refractivity contribution in [2.24, 2.45) is 5.73 Å². The average Bonchev–Trinajstić information content (AvgIpc) is 2.77. The van der Waals surface area contributed by atoms with Crippen LogP contribution in [0.3, 0.4) is 0 Å². The second-order valence-electron chi connectivity index (χ2n) is 3.55. The smallest absolute Gasteiger partial charge is 0.165 e. The molecule has 0 atom stereocenters. The maximum atomic E-state index is 5.77. The third-order valence-electron chi connectivity index (χ3n) is 2.44. The van der Waals surface area contributed by atoms with E-state index >= 15 is 0 Å². The van der Waals surface area contributed by atoms with Crippen LogP contribution in [0.1, 0.15) is 12.5 Å². The number of nitrogens with two attached hydrogens (primary N) is 1. The number of benzene rings is 1. The molecule has 1 aromatic heterocycles. The lowest BCUT2D eigenvalue weighted by Crippen LogP contribution is -2.00. The fourth-order valence-electron chi connectivity index (χ4n) is 1.53. The second-order valence-corrected chi connectivity index (χ2v) is 4.41. The Labute approximate surface area is 109 Å². The van der Waals surface area contributed by atoms with Crippen molar-refractivity contribution < 1.29 is 4.74 Å². The predicted octanol–water partition coefficient (Wildman–Crippen LogP) is 2.92. The second kappa shape index (κ2) is 5.33. The maximum absolute atomic E-state index is 5.77. The van der Waals surface area contributed by atoms with Crippen LogP contribution in [-0.2, 0) is 13.1 Å². The summed E-state index contributed by atoms with van der Waals surface area (Å²) in [6.45, 7) is 3.28. The molecule has 0 fully saturated rings. The highest BCUT2D eigenvalue weighted by atomic mass is 79.9. The summed E-state index contributed by atoms with van der Waals surface area (Å²) < 4.78 is 8.54. The zero-order valence-corrected chi connectivity index (χ0v) is 11.1. The zero-order chi connectivity index (χ0) is 12.3. The molecule has 0 amide bonds. The summed E-state index contributed by atoms with van der Waals surface area (Å²) in [5.74, 6) is 1.48. The Morgan fingerprint density at radius 2 is 2.29 bits per heavy atom. The van der Waals surface area contributed by atoms with Gasteiger partial charge in [-0.25, -0.2) is 0 Å². The van der Waals surface area contributed by atoms with Crippen molar-refractivity contribution in [1.82, 2.24) is 9.78 Å². The third kappa shape index (κ3) is 2.68. The molecule has 17 heavy (non-hydrogen) atoms. The minimum Gasteiger partial charge on any atom is -0.454 e. The maximum Gasteiger partial charge on any atom is 0.165 e. The Morgan fingerprint density at radius 3 is 2.94 bits per heavy atom. The number of nitrogens with zero attached hydrogens (tertiary/aromatic N) is 2. The van der Waals surface area contributed by atoms with Crippen molar-refractivity contribution in [3.05, 3.63) is 40.6 Å². The van der Waals surface area contributed by atoms with Gasteiger partial charge in [-0.3, -0.25) is 4.68 Å². The quantitative estimate of drug-likeness (QED) is 0.943. The van der Waals surface area contributed by atoms with Gasteiger partial charge in [0, 0.05) is 23.1 Å². The van der Waals surface area contributed by atoms with Gasteiger partial charge in [-0.15, -0.1) is 0 Å². The number of rotatable bonds is 4. The molecule has 4 nitrogen and oxygen atoms in total. The molecular formula is C12H14BrN3O. The number of hydrogen-bond acceptors (Lipinski definition) is 3. The fraction of sp³-hybridized carbons (Fsp3) is 0.250. The first kappa shape index (κ1) is 12.1. The largest absolute Gasteiger partial charge is 0.454 e. The highest BCUT2D eigenvalue weighted by Gasteiger charge is 2.08. The van der Waals surface area contributed by atoms with Crippen LogP contribution in [0.25, 0.3) is 0 Å². The van der Waals surface area contributed by atoms with E-state index in [9.17, 15) is 0 Å². The highest BCUT2D eigenvalue weighted by Crippen LogP contribution is 2.29. The zero-order valence-electron chi connectivity index (χ0n) is 9.56. The summed E-state index contributed by atoms with van der Waals surface area (Å²) >= 11 is 3.46. The van der Waals surface area contributed by atoms with Crippen molar-refractivity contribution in [3.63, 3.8) is 0 Å². The molecule has 0 spiro atoms. The lowest BCUT2D eigenvalue weighted by Gasteiger charge is -2.09. The Morgan fingerprint density at radius 1 is 1.47 bits per heavy atom.